The number of ether oxygens (including phenoxy) is 1. The molecule has 1 atom stereocenters. The van der Waals surface area contributed by atoms with Crippen molar-refractivity contribution in [3.63, 3.8) is 0 Å². The first-order valence-electron chi connectivity index (χ1n) is 3.90. The lowest BCUT2D eigenvalue weighted by molar-refractivity contribution is -0.145. The molecule has 0 radical (unpaired) electrons. The molecule has 0 aliphatic heterocycles. The average Bonchev–Trinajstić information content (AvgIpc) is 2.00. The Hall–Kier alpha value is -0.380. The van der Waals surface area contributed by atoms with E-state index in [0.717, 1.165) is 6.42 Å². The molecular weight excluding hydrogens is 224 g/mol. The maximum atomic E-state index is 11.0. The molecule has 0 fully saturated rings. The Morgan fingerprint density at radius 1 is 1.50 bits per heavy atom. The van der Waals surface area contributed by atoms with Crippen LogP contribution in [0, 0.1) is 0 Å². The van der Waals surface area contributed by atoms with Gasteiger partial charge in [-0.25, -0.2) is 0 Å². The molecule has 0 heterocycles. The Bertz CT molecular complexity index is 166. The number of hydrogen-bond donors (Lipinski definition) is 0. The Morgan fingerprint density at radius 2 is 2.08 bits per heavy atom. The molecule has 0 aromatic rings. The monoisotopic (exact) mass is 236 g/mol. The van der Waals surface area contributed by atoms with Crippen LogP contribution in [0.15, 0.2) is 0 Å². The number of alkyl halides is 1. The predicted molar refractivity (Wildman–Crippen MR) is 49.3 cm³/mol. The Morgan fingerprint density at radius 3 is 2.50 bits per heavy atom. The minimum Gasteiger partial charge on any atom is -0.465 e. The van der Waals surface area contributed by atoms with Crippen LogP contribution in [-0.4, -0.2) is 23.2 Å². The average molecular weight is 237 g/mol. The highest BCUT2D eigenvalue weighted by Crippen LogP contribution is 2.03. The molecular formula is C8H13BrO3. The number of rotatable bonds is 5. The van der Waals surface area contributed by atoms with Crippen LogP contribution in [0.1, 0.15) is 26.7 Å². The molecule has 0 saturated carbocycles. The molecule has 0 N–H and O–H groups in total. The predicted octanol–water partition coefficient (Wildman–Crippen LogP) is 1.68. The van der Waals surface area contributed by atoms with Crippen LogP contribution < -0.4 is 0 Å². The SMILES string of the molecule is CCCOC(=O)CC(=O)C(C)Br. The fourth-order valence-corrected chi connectivity index (χ4v) is 0.712. The highest BCUT2D eigenvalue weighted by atomic mass is 79.9. The van der Waals surface area contributed by atoms with E-state index in [1.165, 1.54) is 0 Å². The first kappa shape index (κ1) is 11.6. The van der Waals surface area contributed by atoms with Gasteiger partial charge in [-0.15, -0.1) is 0 Å². The van der Waals surface area contributed by atoms with Gasteiger partial charge in [-0.3, -0.25) is 9.59 Å². The van der Waals surface area contributed by atoms with Crippen molar-refractivity contribution in [1.29, 1.82) is 0 Å². The second-order valence-corrected chi connectivity index (χ2v) is 3.85. The Labute approximate surface area is 80.6 Å². The number of esters is 1. The van der Waals surface area contributed by atoms with Crippen molar-refractivity contribution >= 4 is 27.7 Å². The Balaban J connectivity index is 3.62. The molecule has 0 aliphatic rings. The summed E-state index contributed by atoms with van der Waals surface area (Å²) < 4.78 is 4.73. The summed E-state index contributed by atoms with van der Waals surface area (Å²) in [5.41, 5.74) is 0. The van der Waals surface area contributed by atoms with Crippen LogP contribution in [0.3, 0.4) is 0 Å². The van der Waals surface area contributed by atoms with Gasteiger partial charge in [-0.2, -0.15) is 0 Å². The van der Waals surface area contributed by atoms with E-state index in [-0.39, 0.29) is 17.0 Å². The van der Waals surface area contributed by atoms with Crippen molar-refractivity contribution in [2.24, 2.45) is 0 Å². The van der Waals surface area contributed by atoms with Gasteiger partial charge in [0.25, 0.3) is 0 Å². The first-order valence-corrected chi connectivity index (χ1v) is 4.82. The second-order valence-electron chi connectivity index (χ2n) is 2.48. The number of Topliss-reactive ketones (excluding diaryl/α,β-unsaturated/α-hetero) is 1. The molecule has 1 unspecified atom stereocenters. The summed E-state index contributed by atoms with van der Waals surface area (Å²) in [5, 5.41) is 0. The number of halogens is 1. The minimum absolute atomic E-state index is 0.133. The molecule has 70 valence electrons. The lowest BCUT2D eigenvalue weighted by Crippen LogP contribution is -2.17. The number of carbonyl (C=O) groups is 2. The molecule has 0 aromatic carbocycles. The van der Waals surface area contributed by atoms with Gasteiger partial charge in [0.05, 0.1) is 11.4 Å². The molecule has 4 heteroatoms. The van der Waals surface area contributed by atoms with Crippen LogP contribution in [0.2, 0.25) is 0 Å². The standard InChI is InChI=1S/C8H13BrO3/c1-3-4-12-8(11)5-7(10)6(2)9/h6H,3-5H2,1-2H3. The molecule has 0 amide bonds. The lowest BCUT2D eigenvalue weighted by atomic mass is 10.2. The summed E-state index contributed by atoms with van der Waals surface area (Å²) in [6.45, 7) is 3.99. The largest absolute Gasteiger partial charge is 0.465 e. The smallest absolute Gasteiger partial charge is 0.313 e. The normalized spacial score (nSPS) is 12.2. The molecule has 0 rings (SSSR count). The van der Waals surface area contributed by atoms with Crippen molar-refractivity contribution in [3.05, 3.63) is 0 Å². The zero-order valence-corrected chi connectivity index (χ0v) is 8.89. The number of ketones is 1. The van der Waals surface area contributed by atoms with Gasteiger partial charge in [0, 0.05) is 0 Å². The zero-order chi connectivity index (χ0) is 9.56. The van der Waals surface area contributed by atoms with E-state index in [9.17, 15) is 9.59 Å². The van der Waals surface area contributed by atoms with Crippen molar-refractivity contribution in [3.8, 4) is 0 Å². The number of hydrogen-bond acceptors (Lipinski definition) is 3. The molecule has 0 aliphatic carbocycles. The van der Waals surface area contributed by atoms with E-state index >= 15 is 0 Å². The quantitative estimate of drug-likeness (QED) is 0.415. The van der Waals surface area contributed by atoms with Gasteiger partial charge in [0.2, 0.25) is 0 Å². The topological polar surface area (TPSA) is 43.4 Å². The minimum atomic E-state index is -0.437. The van der Waals surface area contributed by atoms with Gasteiger partial charge >= 0.3 is 5.97 Å². The van der Waals surface area contributed by atoms with Crippen LogP contribution in [0.4, 0.5) is 0 Å². The van der Waals surface area contributed by atoms with Gasteiger partial charge < -0.3 is 4.74 Å². The van der Waals surface area contributed by atoms with Crippen LogP contribution in [-0.2, 0) is 14.3 Å². The molecule has 0 aromatic heterocycles. The van der Waals surface area contributed by atoms with Crippen LogP contribution >= 0.6 is 15.9 Å². The van der Waals surface area contributed by atoms with Gasteiger partial charge in [0.15, 0.2) is 5.78 Å². The van der Waals surface area contributed by atoms with Gasteiger partial charge in [0.1, 0.15) is 6.42 Å². The molecule has 3 nitrogen and oxygen atoms in total. The van der Waals surface area contributed by atoms with E-state index in [2.05, 4.69) is 15.9 Å². The highest BCUT2D eigenvalue weighted by Gasteiger charge is 2.14. The molecule has 0 bridgehead atoms. The third kappa shape index (κ3) is 5.29. The van der Waals surface area contributed by atoms with Crippen molar-refractivity contribution in [2.75, 3.05) is 6.61 Å². The van der Waals surface area contributed by atoms with E-state index < -0.39 is 5.97 Å². The van der Waals surface area contributed by atoms with Gasteiger partial charge in [-0.1, -0.05) is 22.9 Å². The summed E-state index contributed by atoms with van der Waals surface area (Å²) in [4.78, 5) is 21.6. The molecule has 12 heavy (non-hydrogen) atoms. The van der Waals surface area contributed by atoms with Crippen LogP contribution in [0.5, 0.6) is 0 Å². The third-order valence-electron chi connectivity index (χ3n) is 1.23. The second kappa shape index (κ2) is 6.17. The fraction of sp³-hybridized carbons (Fsp3) is 0.750. The fourth-order valence-electron chi connectivity index (χ4n) is 0.550. The van der Waals surface area contributed by atoms with E-state index in [1.54, 1.807) is 6.92 Å². The first-order chi connectivity index (χ1) is 5.57. The van der Waals surface area contributed by atoms with E-state index in [4.69, 9.17) is 4.74 Å². The van der Waals surface area contributed by atoms with E-state index in [1.807, 2.05) is 6.92 Å². The summed E-state index contributed by atoms with van der Waals surface area (Å²) in [5.74, 6) is -0.579. The zero-order valence-electron chi connectivity index (χ0n) is 7.30. The van der Waals surface area contributed by atoms with Crippen molar-refractivity contribution in [1.82, 2.24) is 0 Å². The van der Waals surface area contributed by atoms with Crippen molar-refractivity contribution < 1.29 is 14.3 Å². The van der Waals surface area contributed by atoms with Crippen molar-refractivity contribution in [2.45, 2.75) is 31.5 Å². The maximum Gasteiger partial charge on any atom is 0.313 e. The lowest BCUT2D eigenvalue weighted by Gasteiger charge is -2.03. The van der Waals surface area contributed by atoms with Gasteiger partial charge in [-0.05, 0) is 13.3 Å². The van der Waals surface area contributed by atoms with E-state index in [0.29, 0.717) is 6.61 Å². The summed E-state index contributed by atoms with van der Waals surface area (Å²) in [6.07, 6.45) is 0.649. The summed E-state index contributed by atoms with van der Waals surface area (Å²) in [7, 11) is 0. The van der Waals surface area contributed by atoms with Crippen LogP contribution in [0.25, 0.3) is 0 Å². The third-order valence-corrected chi connectivity index (χ3v) is 1.74. The summed E-state index contributed by atoms with van der Waals surface area (Å²) in [6, 6.07) is 0. The Kier molecular flexibility index (Phi) is 5.98. The highest BCUT2D eigenvalue weighted by molar-refractivity contribution is 9.10. The molecule has 0 spiro atoms. The summed E-state index contributed by atoms with van der Waals surface area (Å²) >= 11 is 3.08. The maximum absolute atomic E-state index is 11.0. The number of carbonyl (C=O) groups excluding carboxylic acids is 2. The molecule has 0 saturated heterocycles.